The standard InChI is InChI=1S/C38H64O15/c1-3-5-7-9-11-12-13-15-16-18-20-29(40)48-23-26(51-30(41)21-19-17-14-10-8-6-4-2)24-49-37-36(47)34(45)32(43)28(53-37)25-50-38-35(46)33(44)31(42)27(22-39)52-38/h3-4,7,9,26-28,31-39,42-47H,1-2,5-6,8,10-25H2/b9-7+/t26-,27-,28-,31+,32+,33+,34+,35-,36-,37-,38+/m1/s1. The van der Waals surface area contributed by atoms with Crippen LogP contribution in [-0.2, 0) is 38.0 Å². The van der Waals surface area contributed by atoms with E-state index in [0.29, 0.717) is 12.8 Å². The van der Waals surface area contributed by atoms with Gasteiger partial charge in [0.2, 0.25) is 0 Å². The number of hydrogen-bond donors (Lipinski definition) is 7. The van der Waals surface area contributed by atoms with Gasteiger partial charge in [-0.25, -0.2) is 0 Å². The van der Waals surface area contributed by atoms with Crippen LogP contribution in [0.3, 0.4) is 0 Å². The van der Waals surface area contributed by atoms with Crippen molar-refractivity contribution in [3.05, 3.63) is 37.5 Å². The molecule has 2 fully saturated rings. The molecule has 7 N–H and O–H groups in total. The van der Waals surface area contributed by atoms with Crippen LogP contribution in [0.5, 0.6) is 0 Å². The van der Waals surface area contributed by atoms with Crippen LogP contribution in [0.1, 0.15) is 96.3 Å². The summed E-state index contributed by atoms with van der Waals surface area (Å²) < 4.78 is 33.1. The average Bonchev–Trinajstić information content (AvgIpc) is 3.15. The van der Waals surface area contributed by atoms with Gasteiger partial charge < -0.3 is 64.2 Å². The lowest BCUT2D eigenvalue weighted by atomic mass is 9.98. The molecule has 0 amide bonds. The van der Waals surface area contributed by atoms with Gasteiger partial charge in [-0.05, 0) is 44.9 Å². The lowest BCUT2D eigenvalue weighted by molar-refractivity contribution is -0.332. The SMILES string of the molecule is C=CC/C=C/CCCCCCCC(=O)OC[C@H](CO[C@@H]1O[C@H](CO[C@H]2O[C@H](CO)[C@H](O)[C@H](O)[C@H]2O)[C@H](O)[C@H](O)[C@H]1O)OC(=O)CCCCCCCC=C. The second-order valence-electron chi connectivity index (χ2n) is 13.6. The number of esters is 2. The first-order valence-electron chi connectivity index (χ1n) is 19.0. The van der Waals surface area contributed by atoms with Gasteiger partial charge in [-0.3, -0.25) is 9.59 Å². The highest BCUT2D eigenvalue weighted by molar-refractivity contribution is 5.70. The van der Waals surface area contributed by atoms with E-state index in [-0.39, 0.29) is 19.4 Å². The van der Waals surface area contributed by atoms with Crippen LogP contribution < -0.4 is 0 Å². The molecule has 0 radical (unpaired) electrons. The zero-order valence-electron chi connectivity index (χ0n) is 30.9. The summed E-state index contributed by atoms with van der Waals surface area (Å²) in [5.41, 5.74) is 0. The number of aliphatic hydroxyl groups excluding tert-OH is 7. The highest BCUT2D eigenvalue weighted by Gasteiger charge is 2.47. The van der Waals surface area contributed by atoms with Crippen molar-refractivity contribution in [2.45, 2.75) is 164 Å². The highest BCUT2D eigenvalue weighted by Crippen LogP contribution is 2.26. The molecule has 11 atom stereocenters. The fraction of sp³-hybridized carbons (Fsp3) is 0.789. The monoisotopic (exact) mass is 760 g/mol. The summed E-state index contributed by atoms with van der Waals surface area (Å²) in [5.74, 6) is -0.984. The van der Waals surface area contributed by atoms with Gasteiger partial charge in [-0.15, -0.1) is 13.2 Å². The number of aliphatic hydroxyl groups is 7. The molecule has 0 aromatic heterocycles. The Balaban J connectivity index is 1.91. The third-order valence-corrected chi connectivity index (χ3v) is 9.13. The summed E-state index contributed by atoms with van der Waals surface area (Å²) in [4.78, 5) is 25.3. The summed E-state index contributed by atoms with van der Waals surface area (Å²) in [7, 11) is 0. The minimum absolute atomic E-state index is 0.140. The van der Waals surface area contributed by atoms with E-state index in [4.69, 9.17) is 28.4 Å². The van der Waals surface area contributed by atoms with Gasteiger partial charge in [0.25, 0.3) is 0 Å². The van der Waals surface area contributed by atoms with Gasteiger partial charge in [-0.2, -0.15) is 0 Å². The number of carbonyl (C=O) groups is 2. The predicted molar refractivity (Wildman–Crippen MR) is 192 cm³/mol. The first-order valence-corrected chi connectivity index (χ1v) is 19.0. The van der Waals surface area contributed by atoms with Crippen LogP contribution in [0.2, 0.25) is 0 Å². The second kappa shape index (κ2) is 27.3. The topological polar surface area (TPSA) is 231 Å². The zero-order chi connectivity index (χ0) is 39.0. The Bertz CT molecular complexity index is 1050. The summed E-state index contributed by atoms with van der Waals surface area (Å²) in [6.45, 7) is 5.47. The molecule has 15 heteroatoms. The van der Waals surface area contributed by atoms with E-state index in [1.54, 1.807) is 0 Å². The lowest BCUT2D eigenvalue weighted by Gasteiger charge is -2.42. The van der Waals surface area contributed by atoms with E-state index < -0.39 is 99.3 Å². The largest absolute Gasteiger partial charge is 0.462 e. The van der Waals surface area contributed by atoms with Crippen LogP contribution in [0, 0.1) is 0 Å². The van der Waals surface area contributed by atoms with Gasteiger partial charge in [0.05, 0.1) is 19.8 Å². The van der Waals surface area contributed by atoms with Crippen molar-refractivity contribution >= 4 is 11.9 Å². The quantitative estimate of drug-likeness (QED) is 0.0343. The van der Waals surface area contributed by atoms with Gasteiger partial charge >= 0.3 is 11.9 Å². The van der Waals surface area contributed by atoms with Crippen LogP contribution in [0.15, 0.2) is 37.5 Å². The average molecular weight is 761 g/mol. The summed E-state index contributed by atoms with van der Waals surface area (Å²) in [6, 6.07) is 0. The number of carbonyl (C=O) groups excluding carboxylic acids is 2. The van der Waals surface area contributed by atoms with E-state index in [0.717, 1.165) is 70.6 Å². The highest BCUT2D eigenvalue weighted by atomic mass is 16.7. The summed E-state index contributed by atoms with van der Waals surface area (Å²) in [6.07, 6.45) is 3.25. The normalized spacial score (nSPS) is 29.5. The van der Waals surface area contributed by atoms with E-state index in [9.17, 15) is 45.3 Å². The Kier molecular flexibility index (Phi) is 24.2. The molecular weight excluding hydrogens is 696 g/mol. The number of hydrogen-bond acceptors (Lipinski definition) is 15. The fourth-order valence-electron chi connectivity index (χ4n) is 5.87. The Morgan fingerprint density at radius 3 is 1.77 bits per heavy atom. The van der Waals surface area contributed by atoms with Gasteiger partial charge in [0.15, 0.2) is 18.7 Å². The van der Waals surface area contributed by atoms with Gasteiger partial charge in [-0.1, -0.05) is 62.8 Å². The molecule has 2 saturated heterocycles. The van der Waals surface area contributed by atoms with Crippen molar-refractivity contribution in [3.63, 3.8) is 0 Å². The minimum Gasteiger partial charge on any atom is -0.462 e. The van der Waals surface area contributed by atoms with Crippen LogP contribution in [-0.4, -0.2) is 142 Å². The van der Waals surface area contributed by atoms with E-state index in [2.05, 4.69) is 25.3 Å². The predicted octanol–water partition coefficient (Wildman–Crippen LogP) is 1.86. The van der Waals surface area contributed by atoms with Gasteiger partial charge in [0.1, 0.15) is 55.4 Å². The van der Waals surface area contributed by atoms with Crippen LogP contribution in [0.25, 0.3) is 0 Å². The molecule has 2 rings (SSSR count). The van der Waals surface area contributed by atoms with Crippen molar-refractivity contribution < 1.29 is 73.8 Å². The molecule has 0 bridgehead atoms. The second-order valence-corrected chi connectivity index (χ2v) is 13.6. The maximum absolute atomic E-state index is 12.7. The number of rotatable bonds is 28. The number of ether oxygens (including phenoxy) is 6. The number of allylic oxidation sites excluding steroid dienone is 4. The summed E-state index contributed by atoms with van der Waals surface area (Å²) >= 11 is 0. The molecule has 0 aliphatic carbocycles. The van der Waals surface area contributed by atoms with Crippen LogP contribution in [0.4, 0.5) is 0 Å². The van der Waals surface area contributed by atoms with Crippen molar-refractivity contribution in [3.8, 4) is 0 Å². The first-order chi connectivity index (χ1) is 25.5. The zero-order valence-corrected chi connectivity index (χ0v) is 30.9. The summed E-state index contributed by atoms with van der Waals surface area (Å²) in [5, 5.41) is 71.4. The minimum atomic E-state index is -1.77. The molecule has 53 heavy (non-hydrogen) atoms. The third kappa shape index (κ3) is 17.8. The van der Waals surface area contributed by atoms with Gasteiger partial charge in [0, 0.05) is 12.8 Å². The lowest BCUT2D eigenvalue weighted by Crippen LogP contribution is -2.61. The van der Waals surface area contributed by atoms with Crippen LogP contribution >= 0.6 is 0 Å². The van der Waals surface area contributed by atoms with E-state index >= 15 is 0 Å². The molecule has 0 aromatic carbocycles. The van der Waals surface area contributed by atoms with Crippen molar-refractivity contribution in [1.82, 2.24) is 0 Å². The molecule has 0 aromatic rings. The van der Waals surface area contributed by atoms with E-state index in [1.807, 2.05) is 12.2 Å². The Morgan fingerprint density at radius 2 is 1.15 bits per heavy atom. The molecule has 15 nitrogen and oxygen atoms in total. The smallest absolute Gasteiger partial charge is 0.306 e. The molecule has 2 aliphatic heterocycles. The fourth-order valence-corrected chi connectivity index (χ4v) is 5.87. The third-order valence-electron chi connectivity index (χ3n) is 9.13. The molecule has 0 saturated carbocycles. The maximum Gasteiger partial charge on any atom is 0.306 e. The molecule has 306 valence electrons. The van der Waals surface area contributed by atoms with Crippen molar-refractivity contribution in [2.24, 2.45) is 0 Å². The Labute approximate surface area is 313 Å². The molecule has 2 aliphatic rings. The Hall–Kier alpha value is -2.28. The molecular formula is C38H64O15. The van der Waals surface area contributed by atoms with E-state index in [1.165, 1.54) is 0 Å². The molecule has 2 heterocycles. The van der Waals surface area contributed by atoms with Crippen molar-refractivity contribution in [2.75, 3.05) is 26.4 Å². The Morgan fingerprint density at radius 1 is 0.604 bits per heavy atom. The maximum atomic E-state index is 12.7. The molecule has 0 spiro atoms. The first kappa shape index (κ1) is 46.9. The van der Waals surface area contributed by atoms with Crippen molar-refractivity contribution in [1.29, 1.82) is 0 Å². The molecule has 0 unspecified atom stereocenters. The number of unbranched alkanes of at least 4 members (excludes halogenated alkanes) is 10.